The molecule has 0 aliphatic carbocycles. The van der Waals surface area contributed by atoms with E-state index in [1.807, 2.05) is 6.92 Å². The molecule has 1 N–H and O–H groups in total. The molecule has 1 heterocycles. The summed E-state index contributed by atoms with van der Waals surface area (Å²) in [7, 11) is 0. The second kappa shape index (κ2) is 7.28. The average Bonchev–Trinajstić information content (AvgIpc) is 2.83. The highest BCUT2D eigenvalue weighted by molar-refractivity contribution is 5.75. The van der Waals surface area contributed by atoms with Crippen LogP contribution in [0.5, 0.6) is 0 Å². The molecule has 0 aliphatic heterocycles. The number of hydrogen-bond donors (Lipinski definition) is 1. The minimum absolute atomic E-state index is 0.201. The summed E-state index contributed by atoms with van der Waals surface area (Å²) in [5.74, 6) is -0.405. The van der Waals surface area contributed by atoms with Crippen molar-refractivity contribution in [3.63, 3.8) is 0 Å². The standard InChI is InChI=1S/C12H18F3N3O2/c1-3-16-10(11(19)20-4-2)5-6-18-8-9(7-17-18)12(13,14)15/h7-8,10,16H,3-6H2,1-2H3. The van der Waals surface area contributed by atoms with Gasteiger partial charge in [0, 0.05) is 12.7 Å². The highest BCUT2D eigenvalue weighted by atomic mass is 19.4. The Bertz CT molecular complexity index is 432. The second-order valence-corrected chi connectivity index (χ2v) is 4.14. The minimum Gasteiger partial charge on any atom is -0.465 e. The molecule has 0 spiro atoms. The van der Waals surface area contributed by atoms with Gasteiger partial charge in [0.15, 0.2) is 0 Å². The van der Waals surface area contributed by atoms with Crippen molar-refractivity contribution in [2.24, 2.45) is 0 Å². The van der Waals surface area contributed by atoms with Crippen molar-refractivity contribution in [1.82, 2.24) is 15.1 Å². The van der Waals surface area contributed by atoms with E-state index in [9.17, 15) is 18.0 Å². The summed E-state index contributed by atoms with van der Waals surface area (Å²) in [6.45, 7) is 4.57. The number of nitrogens with one attached hydrogen (secondary N) is 1. The van der Waals surface area contributed by atoms with Gasteiger partial charge < -0.3 is 10.1 Å². The highest BCUT2D eigenvalue weighted by Crippen LogP contribution is 2.28. The smallest absolute Gasteiger partial charge is 0.419 e. The number of carbonyl (C=O) groups is 1. The summed E-state index contributed by atoms with van der Waals surface area (Å²) in [6.07, 6.45) is -2.40. The third-order valence-electron chi connectivity index (χ3n) is 2.63. The maximum atomic E-state index is 12.4. The summed E-state index contributed by atoms with van der Waals surface area (Å²) in [6, 6.07) is -0.543. The number of ether oxygens (including phenoxy) is 1. The molecule has 0 aromatic carbocycles. The lowest BCUT2D eigenvalue weighted by Gasteiger charge is -2.16. The Kier molecular flexibility index (Phi) is 6.00. The largest absolute Gasteiger partial charge is 0.465 e. The third kappa shape index (κ3) is 4.84. The Morgan fingerprint density at radius 3 is 2.70 bits per heavy atom. The van der Waals surface area contributed by atoms with Gasteiger partial charge in [-0.25, -0.2) is 0 Å². The molecule has 1 aromatic heterocycles. The molecule has 0 amide bonds. The molecule has 1 unspecified atom stereocenters. The van der Waals surface area contributed by atoms with E-state index in [4.69, 9.17) is 4.74 Å². The first-order valence-corrected chi connectivity index (χ1v) is 6.38. The van der Waals surface area contributed by atoms with Gasteiger partial charge in [-0.15, -0.1) is 0 Å². The topological polar surface area (TPSA) is 56.2 Å². The molecular weight excluding hydrogens is 275 g/mol. The molecule has 20 heavy (non-hydrogen) atoms. The van der Waals surface area contributed by atoms with Crippen molar-refractivity contribution in [1.29, 1.82) is 0 Å². The molecule has 8 heteroatoms. The molecule has 0 saturated heterocycles. The van der Waals surface area contributed by atoms with Crippen molar-refractivity contribution in [2.45, 2.75) is 39.0 Å². The van der Waals surface area contributed by atoms with E-state index in [2.05, 4.69) is 10.4 Å². The van der Waals surface area contributed by atoms with Gasteiger partial charge in [-0.05, 0) is 19.9 Å². The van der Waals surface area contributed by atoms with Gasteiger partial charge in [0.05, 0.1) is 18.4 Å². The molecule has 1 aromatic rings. The van der Waals surface area contributed by atoms with Crippen LogP contribution in [0.3, 0.4) is 0 Å². The Balaban J connectivity index is 2.59. The van der Waals surface area contributed by atoms with Crippen molar-refractivity contribution < 1.29 is 22.7 Å². The fourth-order valence-electron chi connectivity index (χ4n) is 1.69. The lowest BCUT2D eigenvalue weighted by Crippen LogP contribution is -2.38. The summed E-state index contributed by atoms with van der Waals surface area (Å²) in [5.41, 5.74) is -0.798. The first-order valence-electron chi connectivity index (χ1n) is 6.38. The van der Waals surface area contributed by atoms with E-state index in [1.54, 1.807) is 6.92 Å². The van der Waals surface area contributed by atoms with Gasteiger partial charge in [-0.1, -0.05) is 6.92 Å². The third-order valence-corrected chi connectivity index (χ3v) is 2.63. The monoisotopic (exact) mass is 293 g/mol. The average molecular weight is 293 g/mol. The second-order valence-electron chi connectivity index (χ2n) is 4.14. The first kappa shape index (κ1) is 16.5. The lowest BCUT2D eigenvalue weighted by molar-refractivity contribution is -0.146. The molecular formula is C12H18F3N3O2. The molecule has 114 valence electrons. The number of esters is 1. The van der Waals surface area contributed by atoms with E-state index in [0.717, 1.165) is 12.4 Å². The van der Waals surface area contributed by atoms with Gasteiger partial charge in [-0.3, -0.25) is 9.48 Å². The van der Waals surface area contributed by atoms with Crippen LogP contribution in [-0.2, 0) is 22.3 Å². The van der Waals surface area contributed by atoms with E-state index in [0.29, 0.717) is 13.0 Å². The van der Waals surface area contributed by atoms with Crippen molar-refractivity contribution in [2.75, 3.05) is 13.2 Å². The summed E-state index contributed by atoms with van der Waals surface area (Å²) in [4.78, 5) is 11.6. The maximum absolute atomic E-state index is 12.4. The number of aromatic nitrogens is 2. The Morgan fingerprint density at radius 2 is 2.20 bits per heavy atom. The predicted octanol–water partition coefficient (Wildman–Crippen LogP) is 1.83. The van der Waals surface area contributed by atoms with Crippen LogP contribution >= 0.6 is 0 Å². The summed E-state index contributed by atoms with van der Waals surface area (Å²) in [5, 5.41) is 6.57. The molecule has 0 bridgehead atoms. The zero-order valence-electron chi connectivity index (χ0n) is 11.4. The Labute approximate surface area is 115 Å². The first-order chi connectivity index (χ1) is 9.38. The van der Waals surface area contributed by atoms with Crippen LogP contribution in [0.2, 0.25) is 0 Å². The summed E-state index contributed by atoms with van der Waals surface area (Å²) < 4.78 is 43.3. The number of hydrogen-bond acceptors (Lipinski definition) is 4. The SMILES string of the molecule is CCNC(CCn1cc(C(F)(F)F)cn1)C(=O)OCC. The Morgan fingerprint density at radius 1 is 1.50 bits per heavy atom. The van der Waals surface area contributed by atoms with Crippen LogP contribution in [0.15, 0.2) is 12.4 Å². The fraction of sp³-hybridized carbons (Fsp3) is 0.667. The number of halogens is 3. The quantitative estimate of drug-likeness (QED) is 0.779. The lowest BCUT2D eigenvalue weighted by atomic mass is 10.2. The van der Waals surface area contributed by atoms with Crippen molar-refractivity contribution >= 4 is 5.97 Å². The normalized spacial score (nSPS) is 13.2. The maximum Gasteiger partial charge on any atom is 0.419 e. The van der Waals surface area contributed by atoms with E-state index >= 15 is 0 Å². The minimum atomic E-state index is -4.40. The van der Waals surface area contributed by atoms with Crippen molar-refractivity contribution in [3.05, 3.63) is 18.0 Å². The highest BCUT2D eigenvalue weighted by Gasteiger charge is 2.32. The van der Waals surface area contributed by atoms with Crippen molar-refractivity contribution in [3.8, 4) is 0 Å². The predicted molar refractivity (Wildman–Crippen MR) is 65.9 cm³/mol. The number of carbonyl (C=O) groups excluding carboxylic acids is 1. The van der Waals surface area contributed by atoms with Gasteiger partial charge in [0.25, 0.3) is 0 Å². The van der Waals surface area contributed by atoms with Gasteiger partial charge in [0.1, 0.15) is 6.04 Å². The Hall–Kier alpha value is -1.57. The molecule has 0 saturated carbocycles. The molecule has 0 radical (unpaired) electrons. The van der Waals surface area contributed by atoms with Crippen LogP contribution in [0.4, 0.5) is 13.2 Å². The number of likely N-dealkylation sites (N-methyl/N-ethyl adjacent to an activating group) is 1. The van der Waals surface area contributed by atoms with E-state index < -0.39 is 23.8 Å². The molecule has 5 nitrogen and oxygen atoms in total. The molecule has 1 atom stereocenters. The number of rotatable bonds is 7. The zero-order valence-corrected chi connectivity index (χ0v) is 11.4. The fourth-order valence-corrected chi connectivity index (χ4v) is 1.69. The number of alkyl halides is 3. The van der Waals surface area contributed by atoms with Gasteiger partial charge >= 0.3 is 12.1 Å². The van der Waals surface area contributed by atoms with Crippen LogP contribution in [-0.4, -0.2) is 34.9 Å². The van der Waals surface area contributed by atoms with Crippen LogP contribution in [0.1, 0.15) is 25.8 Å². The zero-order chi connectivity index (χ0) is 15.2. The van der Waals surface area contributed by atoms with Crippen LogP contribution < -0.4 is 5.32 Å². The number of aryl methyl sites for hydroxylation is 1. The van der Waals surface area contributed by atoms with Gasteiger partial charge in [-0.2, -0.15) is 18.3 Å². The molecule has 0 fully saturated rings. The molecule has 0 aliphatic rings. The van der Waals surface area contributed by atoms with Crippen LogP contribution in [0, 0.1) is 0 Å². The van der Waals surface area contributed by atoms with E-state index in [1.165, 1.54) is 4.68 Å². The van der Waals surface area contributed by atoms with E-state index in [-0.39, 0.29) is 13.2 Å². The summed E-state index contributed by atoms with van der Waals surface area (Å²) >= 11 is 0. The van der Waals surface area contributed by atoms with Gasteiger partial charge in [0.2, 0.25) is 0 Å². The molecule has 1 rings (SSSR count). The number of nitrogens with zero attached hydrogens (tertiary/aromatic N) is 2. The van der Waals surface area contributed by atoms with Crippen LogP contribution in [0.25, 0.3) is 0 Å².